The fourth-order valence-electron chi connectivity index (χ4n) is 3.13. The van der Waals surface area contributed by atoms with E-state index in [1.165, 1.54) is 0 Å². The summed E-state index contributed by atoms with van der Waals surface area (Å²) in [5.41, 5.74) is 4.12. The molecule has 0 saturated heterocycles. The highest BCUT2D eigenvalue weighted by atomic mass is 16.2. The monoisotopic (exact) mass is 337 g/mol. The number of fused-ring (bicyclic) bond motifs is 1. The molecule has 3 rings (SSSR count). The Labute approximate surface area is 148 Å². The Morgan fingerprint density at radius 3 is 2.44 bits per heavy atom. The van der Waals surface area contributed by atoms with E-state index >= 15 is 0 Å². The van der Waals surface area contributed by atoms with Gasteiger partial charge in [0.2, 0.25) is 5.91 Å². The van der Waals surface area contributed by atoms with E-state index in [0.717, 1.165) is 22.5 Å². The molecule has 5 nitrogen and oxygen atoms in total. The van der Waals surface area contributed by atoms with E-state index in [1.54, 1.807) is 4.90 Å². The zero-order valence-electron chi connectivity index (χ0n) is 15.0. The van der Waals surface area contributed by atoms with Crippen LogP contribution in [0.15, 0.2) is 42.5 Å². The van der Waals surface area contributed by atoms with E-state index in [0.29, 0.717) is 12.1 Å². The lowest BCUT2D eigenvalue weighted by molar-refractivity contribution is -0.122. The number of rotatable bonds is 4. The lowest BCUT2D eigenvalue weighted by Gasteiger charge is -2.24. The molecule has 0 fully saturated rings. The van der Waals surface area contributed by atoms with Gasteiger partial charge in [0.25, 0.3) is 5.91 Å². The number of benzene rings is 2. The summed E-state index contributed by atoms with van der Waals surface area (Å²) in [4.78, 5) is 29.4. The van der Waals surface area contributed by atoms with Gasteiger partial charge >= 0.3 is 0 Å². The van der Waals surface area contributed by atoms with Crippen LogP contribution in [0.5, 0.6) is 0 Å². The molecule has 1 heterocycles. The maximum Gasteiger partial charge on any atom is 0.259 e. The number of nitrogens with zero attached hydrogens (tertiary/aromatic N) is 2. The minimum Gasteiger partial charge on any atom is -0.378 e. The van der Waals surface area contributed by atoms with Gasteiger partial charge in [-0.2, -0.15) is 0 Å². The third kappa shape index (κ3) is 2.97. The Hall–Kier alpha value is -2.82. The minimum atomic E-state index is -0.638. The van der Waals surface area contributed by atoms with Crippen LogP contribution in [0.2, 0.25) is 0 Å². The third-order valence-corrected chi connectivity index (χ3v) is 4.47. The summed E-state index contributed by atoms with van der Waals surface area (Å²) in [6, 6.07) is 12.7. The number of likely N-dealkylation sites (N-methyl/N-ethyl adjacent to an activating group) is 1. The van der Waals surface area contributed by atoms with Crippen LogP contribution in [0.1, 0.15) is 34.5 Å². The standard InChI is InChI=1S/C20H23N3O2/c1-5-21-19(24)18-16-11-10-15(22(3)4)12-17(16)20(25)23(18)14-8-6-13(2)7-9-14/h6-12,18H,5H2,1-4H3,(H,21,24). The predicted octanol–water partition coefficient (Wildman–Crippen LogP) is 2.90. The van der Waals surface area contributed by atoms with Crippen molar-refractivity contribution in [2.75, 3.05) is 30.4 Å². The Bertz CT molecular complexity index is 812. The van der Waals surface area contributed by atoms with Crippen LogP contribution >= 0.6 is 0 Å². The Morgan fingerprint density at radius 1 is 1.16 bits per heavy atom. The second-order valence-electron chi connectivity index (χ2n) is 6.47. The van der Waals surface area contributed by atoms with Gasteiger partial charge in [-0.1, -0.05) is 23.8 Å². The van der Waals surface area contributed by atoms with Gasteiger partial charge in [0.15, 0.2) is 0 Å². The van der Waals surface area contributed by atoms with Gasteiger partial charge in [0.05, 0.1) is 0 Å². The molecule has 0 bridgehead atoms. The van der Waals surface area contributed by atoms with Gasteiger partial charge in [0, 0.05) is 37.6 Å². The molecule has 130 valence electrons. The van der Waals surface area contributed by atoms with E-state index < -0.39 is 6.04 Å². The Balaban J connectivity index is 2.11. The van der Waals surface area contributed by atoms with E-state index in [-0.39, 0.29) is 11.8 Å². The van der Waals surface area contributed by atoms with Gasteiger partial charge in [-0.25, -0.2) is 0 Å². The smallest absolute Gasteiger partial charge is 0.259 e. The summed E-state index contributed by atoms with van der Waals surface area (Å²) in [5, 5.41) is 2.85. The molecular weight excluding hydrogens is 314 g/mol. The summed E-state index contributed by atoms with van der Waals surface area (Å²) >= 11 is 0. The number of aryl methyl sites for hydroxylation is 1. The van der Waals surface area contributed by atoms with Crippen molar-refractivity contribution < 1.29 is 9.59 Å². The average Bonchev–Trinajstić information content (AvgIpc) is 2.88. The number of anilines is 2. The van der Waals surface area contributed by atoms with Crippen molar-refractivity contribution in [2.45, 2.75) is 19.9 Å². The largest absolute Gasteiger partial charge is 0.378 e. The number of carbonyl (C=O) groups is 2. The van der Waals surface area contributed by atoms with Crippen LogP contribution in [0, 0.1) is 6.92 Å². The minimum absolute atomic E-state index is 0.140. The van der Waals surface area contributed by atoms with Crippen molar-refractivity contribution >= 4 is 23.2 Å². The normalized spacial score (nSPS) is 15.9. The Morgan fingerprint density at radius 2 is 1.84 bits per heavy atom. The van der Waals surface area contributed by atoms with Crippen LogP contribution in [-0.2, 0) is 4.79 Å². The first kappa shape index (κ1) is 17.0. The number of nitrogens with one attached hydrogen (secondary N) is 1. The molecule has 2 aromatic carbocycles. The summed E-state index contributed by atoms with van der Waals surface area (Å²) in [6.07, 6.45) is 0. The van der Waals surface area contributed by atoms with Gasteiger partial charge in [-0.3, -0.25) is 14.5 Å². The number of hydrogen-bond donors (Lipinski definition) is 1. The fourth-order valence-corrected chi connectivity index (χ4v) is 3.13. The predicted molar refractivity (Wildman–Crippen MR) is 100 cm³/mol. The van der Waals surface area contributed by atoms with E-state index in [9.17, 15) is 9.59 Å². The van der Waals surface area contributed by atoms with Crippen LogP contribution in [-0.4, -0.2) is 32.5 Å². The molecule has 25 heavy (non-hydrogen) atoms. The molecular formula is C20H23N3O2. The summed E-state index contributed by atoms with van der Waals surface area (Å²) in [7, 11) is 3.86. The van der Waals surface area contributed by atoms with Gasteiger partial charge in [0.1, 0.15) is 6.04 Å². The van der Waals surface area contributed by atoms with Crippen molar-refractivity contribution in [3.8, 4) is 0 Å². The van der Waals surface area contributed by atoms with Gasteiger partial charge < -0.3 is 10.2 Å². The molecule has 2 amide bonds. The summed E-state index contributed by atoms with van der Waals surface area (Å²) in [5.74, 6) is -0.299. The van der Waals surface area contributed by atoms with Crippen molar-refractivity contribution in [1.82, 2.24) is 5.32 Å². The van der Waals surface area contributed by atoms with E-state index in [4.69, 9.17) is 0 Å². The van der Waals surface area contributed by atoms with E-state index in [1.807, 2.05) is 75.3 Å². The van der Waals surface area contributed by atoms with Crippen molar-refractivity contribution in [3.63, 3.8) is 0 Å². The maximum atomic E-state index is 13.1. The summed E-state index contributed by atoms with van der Waals surface area (Å²) < 4.78 is 0. The van der Waals surface area contributed by atoms with Crippen LogP contribution < -0.4 is 15.1 Å². The quantitative estimate of drug-likeness (QED) is 0.933. The number of hydrogen-bond acceptors (Lipinski definition) is 3. The van der Waals surface area contributed by atoms with Crippen molar-refractivity contribution in [3.05, 3.63) is 59.2 Å². The molecule has 1 unspecified atom stereocenters. The van der Waals surface area contributed by atoms with Crippen LogP contribution in [0.4, 0.5) is 11.4 Å². The first-order valence-corrected chi connectivity index (χ1v) is 8.43. The van der Waals surface area contributed by atoms with E-state index in [2.05, 4.69) is 5.32 Å². The lowest BCUT2D eigenvalue weighted by atomic mass is 10.0. The maximum absolute atomic E-state index is 13.1. The lowest BCUT2D eigenvalue weighted by Crippen LogP contribution is -2.39. The fraction of sp³-hybridized carbons (Fsp3) is 0.300. The van der Waals surface area contributed by atoms with Gasteiger partial charge in [-0.15, -0.1) is 0 Å². The van der Waals surface area contributed by atoms with Crippen LogP contribution in [0.3, 0.4) is 0 Å². The molecule has 0 saturated carbocycles. The Kier molecular flexibility index (Phi) is 4.49. The second kappa shape index (κ2) is 6.59. The molecule has 5 heteroatoms. The zero-order valence-corrected chi connectivity index (χ0v) is 15.0. The SMILES string of the molecule is CCNC(=O)C1c2ccc(N(C)C)cc2C(=O)N1c1ccc(C)cc1. The highest BCUT2D eigenvalue weighted by Crippen LogP contribution is 2.39. The van der Waals surface area contributed by atoms with Crippen LogP contribution in [0.25, 0.3) is 0 Å². The number of carbonyl (C=O) groups excluding carboxylic acids is 2. The first-order chi connectivity index (χ1) is 11.9. The molecule has 0 aromatic heterocycles. The topological polar surface area (TPSA) is 52.7 Å². The highest BCUT2D eigenvalue weighted by Gasteiger charge is 2.42. The van der Waals surface area contributed by atoms with Crippen molar-refractivity contribution in [2.24, 2.45) is 0 Å². The average molecular weight is 337 g/mol. The molecule has 0 aliphatic carbocycles. The number of amides is 2. The zero-order chi connectivity index (χ0) is 18.1. The molecule has 1 aliphatic heterocycles. The first-order valence-electron chi connectivity index (χ1n) is 8.43. The summed E-state index contributed by atoms with van der Waals surface area (Å²) in [6.45, 7) is 4.40. The molecule has 2 aromatic rings. The van der Waals surface area contributed by atoms with Crippen molar-refractivity contribution in [1.29, 1.82) is 0 Å². The highest BCUT2D eigenvalue weighted by molar-refractivity contribution is 6.16. The third-order valence-electron chi connectivity index (χ3n) is 4.47. The molecule has 0 radical (unpaired) electrons. The molecule has 1 N–H and O–H groups in total. The molecule has 0 spiro atoms. The molecule has 1 atom stereocenters. The van der Waals surface area contributed by atoms with Gasteiger partial charge in [-0.05, 0) is 43.7 Å². The molecule has 1 aliphatic rings. The second-order valence-corrected chi connectivity index (χ2v) is 6.47.